The molecule has 1 fully saturated rings. The minimum atomic E-state index is 0.223. The summed E-state index contributed by atoms with van der Waals surface area (Å²) in [5, 5.41) is 8.36. The monoisotopic (exact) mass is 356 g/mol. The third-order valence-electron chi connectivity index (χ3n) is 4.89. The van der Waals surface area contributed by atoms with E-state index in [-0.39, 0.29) is 5.54 Å². The Balaban J connectivity index is 2.28. The molecule has 0 radical (unpaired) electrons. The number of aryl methyl sites for hydroxylation is 2. The van der Waals surface area contributed by atoms with Crippen LogP contribution in [0.1, 0.15) is 52.4 Å². The van der Waals surface area contributed by atoms with Crippen LogP contribution in [0.2, 0.25) is 0 Å². The number of hydrogen-bond donors (Lipinski definition) is 1. The second-order valence-electron chi connectivity index (χ2n) is 6.39. The van der Waals surface area contributed by atoms with Gasteiger partial charge in [-0.15, -0.1) is 0 Å². The number of hydrogen-bond acceptors (Lipinski definition) is 3. The summed E-state index contributed by atoms with van der Waals surface area (Å²) in [7, 11) is 0. The minimum absolute atomic E-state index is 0.223. The van der Waals surface area contributed by atoms with E-state index in [2.05, 4.69) is 65.4 Å². The Labute approximate surface area is 137 Å². The van der Waals surface area contributed by atoms with E-state index in [0.29, 0.717) is 6.04 Å². The van der Waals surface area contributed by atoms with Crippen molar-refractivity contribution in [1.29, 1.82) is 0 Å². The van der Waals surface area contributed by atoms with Crippen molar-refractivity contribution in [3.05, 3.63) is 15.9 Å². The number of aromatic nitrogens is 2. The smallest absolute Gasteiger partial charge is 0.0767 e. The fraction of sp³-hybridized carbons (Fsp3) is 0.812. The normalized spacial score (nSPS) is 27.2. The number of nitrogens with zero attached hydrogens (tertiary/aromatic N) is 3. The molecule has 5 heteroatoms. The van der Waals surface area contributed by atoms with E-state index in [9.17, 15) is 0 Å². The molecule has 0 aromatic carbocycles. The van der Waals surface area contributed by atoms with Crippen LogP contribution in [0.5, 0.6) is 0 Å². The number of rotatable bonds is 5. The first kappa shape index (κ1) is 17.0. The van der Waals surface area contributed by atoms with Gasteiger partial charge in [-0.25, -0.2) is 0 Å². The quantitative estimate of drug-likeness (QED) is 0.879. The van der Waals surface area contributed by atoms with E-state index >= 15 is 0 Å². The highest BCUT2D eigenvalue weighted by atomic mass is 79.9. The van der Waals surface area contributed by atoms with Gasteiger partial charge in [0.15, 0.2) is 0 Å². The van der Waals surface area contributed by atoms with E-state index in [1.54, 1.807) is 0 Å². The van der Waals surface area contributed by atoms with Gasteiger partial charge >= 0.3 is 0 Å². The third-order valence-corrected chi connectivity index (χ3v) is 5.80. The topological polar surface area (TPSA) is 33.1 Å². The molecule has 1 aromatic heterocycles. The molecular formula is C16H29BrN4. The van der Waals surface area contributed by atoms with Gasteiger partial charge in [0.2, 0.25) is 0 Å². The molecular weight excluding hydrogens is 328 g/mol. The van der Waals surface area contributed by atoms with Crippen molar-refractivity contribution in [3.63, 3.8) is 0 Å². The molecule has 0 bridgehead atoms. The molecule has 2 rings (SSSR count). The van der Waals surface area contributed by atoms with Crippen molar-refractivity contribution in [3.8, 4) is 0 Å². The molecule has 21 heavy (non-hydrogen) atoms. The van der Waals surface area contributed by atoms with E-state index in [4.69, 9.17) is 5.10 Å². The molecule has 2 heterocycles. The van der Waals surface area contributed by atoms with Gasteiger partial charge in [-0.05, 0) is 49.5 Å². The SMILES string of the molecule is CCc1nn(CC)c(CN2CC(C)NCC2(C)CC)c1Br. The summed E-state index contributed by atoms with van der Waals surface area (Å²) in [6, 6.07) is 0.548. The van der Waals surface area contributed by atoms with Crippen molar-refractivity contribution in [2.45, 2.75) is 72.1 Å². The van der Waals surface area contributed by atoms with Gasteiger partial charge < -0.3 is 5.32 Å². The number of nitrogens with one attached hydrogen (secondary N) is 1. The van der Waals surface area contributed by atoms with E-state index in [1.165, 1.54) is 15.9 Å². The van der Waals surface area contributed by atoms with Crippen molar-refractivity contribution in [2.24, 2.45) is 0 Å². The Kier molecular flexibility index (Phi) is 5.49. The first-order valence-electron chi connectivity index (χ1n) is 8.17. The average molecular weight is 357 g/mol. The summed E-state index contributed by atoms with van der Waals surface area (Å²) < 4.78 is 3.36. The number of halogens is 1. The van der Waals surface area contributed by atoms with Crippen molar-refractivity contribution < 1.29 is 0 Å². The van der Waals surface area contributed by atoms with Gasteiger partial charge in [-0.3, -0.25) is 9.58 Å². The summed E-state index contributed by atoms with van der Waals surface area (Å²) in [4.78, 5) is 2.63. The molecule has 0 saturated carbocycles. The molecule has 1 aromatic rings. The molecule has 2 unspecified atom stereocenters. The van der Waals surface area contributed by atoms with Gasteiger partial charge in [0.1, 0.15) is 0 Å². The Morgan fingerprint density at radius 1 is 1.38 bits per heavy atom. The fourth-order valence-electron chi connectivity index (χ4n) is 3.07. The van der Waals surface area contributed by atoms with E-state index in [1.807, 2.05) is 0 Å². The van der Waals surface area contributed by atoms with Crippen LogP contribution in [-0.2, 0) is 19.5 Å². The molecule has 4 nitrogen and oxygen atoms in total. The summed E-state index contributed by atoms with van der Waals surface area (Å²) in [6.07, 6.45) is 2.13. The molecule has 120 valence electrons. The largest absolute Gasteiger partial charge is 0.311 e. The highest BCUT2D eigenvalue weighted by Crippen LogP contribution is 2.29. The lowest BCUT2D eigenvalue weighted by Gasteiger charge is -2.47. The molecule has 0 amide bonds. The summed E-state index contributed by atoms with van der Waals surface area (Å²) in [6.45, 7) is 15.3. The molecule has 1 saturated heterocycles. The fourth-order valence-corrected chi connectivity index (χ4v) is 3.76. The van der Waals surface area contributed by atoms with Gasteiger partial charge in [0.25, 0.3) is 0 Å². The summed E-state index contributed by atoms with van der Waals surface area (Å²) in [5.41, 5.74) is 2.72. The summed E-state index contributed by atoms with van der Waals surface area (Å²) in [5.74, 6) is 0. The molecule has 1 aliphatic heterocycles. The summed E-state index contributed by atoms with van der Waals surface area (Å²) >= 11 is 3.78. The molecule has 1 N–H and O–H groups in total. The van der Waals surface area contributed by atoms with Crippen LogP contribution in [0.15, 0.2) is 4.47 Å². The number of piperazine rings is 1. The van der Waals surface area contributed by atoms with E-state index < -0.39 is 0 Å². The molecule has 0 spiro atoms. The highest BCUT2D eigenvalue weighted by Gasteiger charge is 2.36. The first-order chi connectivity index (χ1) is 9.95. The zero-order chi connectivity index (χ0) is 15.6. The predicted octanol–water partition coefficient (Wildman–Crippen LogP) is 3.19. The lowest BCUT2D eigenvalue weighted by molar-refractivity contribution is 0.0428. The van der Waals surface area contributed by atoms with Crippen LogP contribution in [0.4, 0.5) is 0 Å². The van der Waals surface area contributed by atoms with Gasteiger partial charge in [-0.2, -0.15) is 5.10 Å². The maximum atomic E-state index is 4.73. The average Bonchev–Trinajstić information content (AvgIpc) is 2.79. The highest BCUT2D eigenvalue weighted by molar-refractivity contribution is 9.10. The predicted molar refractivity (Wildman–Crippen MR) is 91.5 cm³/mol. The van der Waals surface area contributed by atoms with E-state index in [0.717, 1.165) is 39.0 Å². The zero-order valence-electron chi connectivity index (χ0n) is 14.0. The van der Waals surface area contributed by atoms with Gasteiger partial charge in [-0.1, -0.05) is 13.8 Å². The maximum Gasteiger partial charge on any atom is 0.0767 e. The van der Waals surface area contributed by atoms with Crippen molar-refractivity contribution in [1.82, 2.24) is 20.0 Å². The molecule has 1 aliphatic rings. The molecule has 0 aliphatic carbocycles. The van der Waals surface area contributed by atoms with Gasteiger partial charge in [0.05, 0.1) is 15.9 Å². The van der Waals surface area contributed by atoms with Gasteiger partial charge in [0, 0.05) is 37.8 Å². The Bertz CT molecular complexity index is 485. The lowest BCUT2D eigenvalue weighted by atomic mass is 9.92. The van der Waals surface area contributed by atoms with Crippen LogP contribution >= 0.6 is 15.9 Å². The minimum Gasteiger partial charge on any atom is -0.311 e. The molecule has 2 atom stereocenters. The second-order valence-corrected chi connectivity index (χ2v) is 7.18. The maximum absolute atomic E-state index is 4.73. The van der Waals surface area contributed by atoms with Crippen molar-refractivity contribution >= 4 is 15.9 Å². The second kappa shape index (κ2) is 6.80. The van der Waals surface area contributed by atoms with Crippen LogP contribution in [-0.4, -0.2) is 39.4 Å². The van der Waals surface area contributed by atoms with Crippen LogP contribution < -0.4 is 5.32 Å². The van der Waals surface area contributed by atoms with Crippen molar-refractivity contribution in [2.75, 3.05) is 13.1 Å². The Morgan fingerprint density at radius 3 is 2.67 bits per heavy atom. The van der Waals surface area contributed by atoms with Crippen LogP contribution in [0.25, 0.3) is 0 Å². The Morgan fingerprint density at radius 2 is 2.10 bits per heavy atom. The third kappa shape index (κ3) is 3.35. The van der Waals surface area contributed by atoms with Crippen LogP contribution in [0, 0.1) is 0 Å². The standard InChI is InChI=1S/C16H29BrN4/c1-6-13-15(17)14(21(8-3)19-13)10-20-9-12(4)18-11-16(20,5)7-2/h12,18H,6-11H2,1-5H3. The zero-order valence-corrected chi connectivity index (χ0v) is 15.6. The lowest BCUT2D eigenvalue weighted by Crippen LogP contribution is -2.62. The van der Waals surface area contributed by atoms with Crippen LogP contribution in [0.3, 0.4) is 0 Å². The first-order valence-corrected chi connectivity index (χ1v) is 8.96. The Hall–Kier alpha value is -0.390.